The molecule has 0 amide bonds. The van der Waals surface area contributed by atoms with Gasteiger partial charge in [-0.25, -0.2) is 18.6 Å². The van der Waals surface area contributed by atoms with Crippen molar-refractivity contribution in [3.63, 3.8) is 0 Å². The van der Waals surface area contributed by atoms with Crippen LogP contribution in [0.4, 0.5) is 0 Å². The molecule has 28 heavy (non-hydrogen) atoms. The van der Waals surface area contributed by atoms with Crippen molar-refractivity contribution in [1.29, 1.82) is 0 Å². The van der Waals surface area contributed by atoms with Gasteiger partial charge in [0.05, 0.1) is 0 Å². The van der Waals surface area contributed by atoms with Crippen LogP contribution < -0.4 is 23.2 Å². The molecule has 0 aliphatic rings. The highest BCUT2D eigenvalue weighted by atomic mass is 35.7. The Balaban J connectivity index is 0.000000696. The lowest BCUT2D eigenvalue weighted by molar-refractivity contribution is -2.00. The Labute approximate surface area is 167 Å². The van der Waals surface area contributed by atoms with E-state index in [2.05, 4.69) is 56.5 Å². The third kappa shape index (κ3) is 8.33. The molecule has 2 rings (SSSR count). The average Bonchev–Trinajstić information content (AvgIpc) is 2.58. The summed E-state index contributed by atoms with van der Waals surface area (Å²) < 4.78 is 36.2. The predicted octanol–water partition coefficient (Wildman–Crippen LogP) is -0.393. The quantitative estimate of drug-likeness (QED) is 0.643. The third-order valence-corrected chi connectivity index (χ3v) is 4.07. The lowest BCUT2D eigenvalue weighted by Crippen LogP contribution is -2.68. The minimum Gasteiger partial charge on any atom is -0.481 e. The highest BCUT2D eigenvalue weighted by Crippen LogP contribution is 2.25. The molecule has 0 unspecified atom stereocenters. The molecule has 0 aliphatic heterocycles. The fraction of sp³-hybridized carbons (Fsp3) is 0.400. The first kappa shape index (κ1) is 24.0. The molecule has 2 aromatic rings. The molecule has 0 saturated carbocycles. The lowest BCUT2D eigenvalue weighted by atomic mass is 9.97. The Morgan fingerprint density at radius 2 is 1.36 bits per heavy atom. The maximum absolute atomic E-state index is 11.0. The third-order valence-electron chi connectivity index (χ3n) is 4.07. The van der Waals surface area contributed by atoms with Gasteiger partial charge in [0.15, 0.2) is 17.9 Å². The highest BCUT2D eigenvalue weighted by Gasteiger charge is 2.24. The number of aromatic nitrogens is 1. The molecule has 0 fully saturated rings. The molecule has 1 aromatic heterocycles. The van der Waals surface area contributed by atoms with Crippen LogP contribution in [0.15, 0.2) is 42.5 Å². The molecular formula is C20H26ClNO6. The van der Waals surface area contributed by atoms with Crippen LogP contribution in [0.25, 0.3) is 11.1 Å². The van der Waals surface area contributed by atoms with Gasteiger partial charge < -0.3 is 5.11 Å². The maximum Gasteiger partial charge on any atom is 0.309 e. The van der Waals surface area contributed by atoms with E-state index in [1.807, 2.05) is 18.2 Å². The van der Waals surface area contributed by atoms with E-state index in [9.17, 15) is 4.79 Å². The molecule has 1 aromatic carbocycles. The second-order valence-electron chi connectivity index (χ2n) is 6.94. The minimum absolute atomic E-state index is 0.148. The minimum atomic E-state index is -4.94. The summed E-state index contributed by atoms with van der Waals surface area (Å²) in [6.07, 6.45) is 0.148. The van der Waals surface area contributed by atoms with Crippen molar-refractivity contribution in [2.45, 2.75) is 52.5 Å². The van der Waals surface area contributed by atoms with Crippen LogP contribution in [0, 0.1) is 10.2 Å². The van der Waals surface area contributed by atoms with Crippen molar-refractivity contribution in [3.05, 3.63) is 53.9 Å². The number of rotatable bonds is 6. The van der Waals surface area contributed by atoms with Crippen LogP contribution in [-0.2, 0) is 11.3 Å². The molecule has 1 heterocycles. The Morgan fingerprint density at radius 1 is 0.929 bits per heavy atom. The zero-order chi connectivity index (χ0) is 21.5. The van der Waals surface area contributed by atoms with Crippen molar-refractivity contribution < 1.29 is 43.3 Å². The average molecular weight is 412 g/mol. The molecule has 0 saturated heterocycles. The first-order valence-corrected chi connectivity index (χ1v) is 10.1. The van der Waals surface area contributed by atoms with E-state index in [0.717, 1.165) is 0 Å². The van der Waals surface area contributed by atoms with Gasteiger partial charge in [-0.15, -0.1) is 10.2 Å². The fourth-order valence-corrected chi connectivity index (χ4v) is 2.88. The number of aliphatic carboxylic acids is 1. The van der Waals surface area contributed by atoms with Gasteiger partial charge in [-0.2, -0.15) is 4.57 Å². The molecule has 0 spiro atoms. The predicted molar refractivity (Wildman–Crippen MR) is 92.5 cm³/mol. The Kier molecular flexibility index (Phi) is 9.00. The van der Waals surface area contributed by atoms with Crippen molar-refractivity contribution in [2.24, 2.45) is 0 Å². The summed E-state index contributed by atoms with van der Waals surface area (Å²) in [5.41, 5.74) is 4.78. The van der Waals surface area contributed by atoms with E-state index in [1.54, 1.807) is 0 Å². The van der Waals surface area contributed by atoms with Crippen molar-refractivity contribution >= 4 is 5.97 Å². The Morgan fingerprint density at radius 3 is 1.71 bits per heavy atom. The Bertz CT molecular complexity index is 737. The molecule has 7 nitrogen and oxygen atoms in total. The van der Waals surface area contributed by atoms with Gasteiger partial charge in [0.2, 0.25) is 0 Å². The summed E-state index contributed by atoms with van der Waals surface area (Å²) in [7, 11) is -4.94. The standard InChI is InChI=1S/C20H25NO2.ClHO4/c1-14(2)18-12-17(16-8-6-5-7-9-16)13-19(15(3)4)21(18)11-10-20(22)23;2-1(3,4)5/h5-9,12-15H,10-11H2,1-4H3;(H,2,3,4,5). The number of nitrogens with zero attached hydrogens (tertiary/aromatic N) is 1. The van der Waals surface area contributed by atoms with Gasteiger partial charge in [-0.05, 0) is 11.1 Å². The zero-order valence-corrected chi connectivity index (χ0v) is 17.2. The van der Waals surface area contributed by atoms with Crippen LogP contribution >= 0.6 is 0 Å². The molecular weight excluding hydrogens is 386 g/mol. The normalized spacial score (nSPS) is 11.4. The number of carbonyl (C=O) groups is 1. The lowest BCUT2D eigenvalue weighted by Gasteiger charge is -2.17. The summed E-state index contributed by atoms with van der Waals surface area (Å²) in [4.78, 5) is 11.0. The SMILES string of the molecule is CC(C)c1cc(-c2ccccc2)cc(C(C)C)[n+]1CCC(=O)O.[O-][Cl+3]([O-])([O-])[O-]. The topological polar surface area (TPSA) is 133 Å². The zero-order valence-electron chi connectivity index (χ0n) is 16.4. The first-order valence-electron chi connectivity index (χ1n) is 8.86. The number of carboxylic acid groups (broad SMARTS) is 1. The monoisotopic (exact) mass is 411 g/mol. The molecule has 0 radical (unpaired) electrons. The summed E-state index contributed by atoms with van der Waals surface area (Å²) in [5.74, 6) is -0.0797. The fourth-order valence-electron chi connectivity index (χ4n) is 2.88. The smallest absolute Gasteiger partial charge is 0.309 e. The molecule has 8 heteroatoms. The van der Waals surface area contributed by atoms with Crippen LogP contribution in [0.2, 0.25) is 0 Å². The highest BCUT2D eigenvalue weighted by molar-refractivity contribution is 5.66. The number of halogens is 1. The van der Waals surface area contributed by atoms with Gasteiger partial charge >= 0.3 is 5.97 Å². The van der Waals surface area contributed by atoms with Crippen molar-refractivity contribution in [1.82, 2.24) is 0 Å². The molecule has 1 N–H and O–H groups in total. The van der Waals surface area contributed by atoms with Gasteiger partial charge in [0.25, 0.3) is 0 Å². The van der Waals surface area contributed by atoms with Gasteiger partial charge in [0, 0.05) is 24.0 Å². The number of pyridine rings is 1. The number of hydrogen-bond acceptors (Lipinski definition) is 5. The van der Waals surface area contributed by atoms with E-state index in [-0.39, 0.29) is 6.42 Å². The molecule has 0 aliphatic carbocycles. The molecule has 0 bridgehead atoms. The van der Waals surface area contributed by atoms with E-state index >= 15 is 0 Å². The Hall–Kier alpha value is -2.03. The van der Waals surface area contributed by atoms with E-state index in [1.165, 1.54) is 22.5 Å². The first-order chi connectivity index (χ1) is 12.9. The summed E-state index contributed by atoms with van der Waals surface area (Å²) >= 11 is 0. The van der Waals surface area contributed by atoms with Crippen LogP contribution in [0.1, 0.15) is 57.3 Å². The number of hydrogen-bond donors (Lipinski definition) is 1. The van der Waals surface area contributed by atoms with Gasteiger partial charge in [0.1, 0.15) is 6.42 Å². The van der Waals surface area contributed by atoms with E-state index < -0.39 is 16.2 Å². The van der Waals surface area contributed by atoms with Gasteiger partial charge in [-0.1, -0.05) is 58.0 Å². The largest absolute Gasteiger partial charge is 0.481 e. The van der Waals surface area contributed by atoms with Crippen LogP contribution in [0.3, 0.4) is 0 Å². The second-order valence-corrected chi connectivity index (χ2v) is 7.70. The second kappa shape index (κ2) is 10.5. The van der Waals surface area contributed by atoms with E-state index in [0.29, 0.717) is 18.4 Å². The summed E-state index contributed by atoms with van der Waals surface area (Å²) in [6, 6.07) is 14.7. The van der Waals surface area contributed by atoms with Crippen molar-refractivity contribution in [2.75, 3.05) is 0 Å². The number of carboxylic acids is 1. The van der Waals surface area contributed by atoms with Crippen molar-refractivity contribution in [3.8, 4) is 11.1 Å². The maximum atomic E-state index is 11.0. The summed E-state index contributed by atoms with van der Waals surface area (Å²) in [5, 5.41) is 9.05. The summed E-state index contributed by atoms with van der Waals surface area (Å²) in [6.45, 7) is 9.15. The van der Waals surface area contributed by atoms with E-state index in [4.69, 9.17) is 23.7 Å². The molecule has 0 atom stereocenters. The number of benzene rings is 1. The van der Waals surface area contributed by atoms with Gasteiger partial charge in [-0.3, -0.25) is 4.79 Å². The van der Waals surface area contributed by atoms with Crippen LogP contribution in [0.5, 0.6) is 0 Å². The molecule has 154 valence electrons. The van der Waals surface area contributed by atoms with Crippen LogP contribution in [-0.4, -0.2) is 11.1 Å².